The van der Waals surface area contributed by atoms with Crippen molar-refractivity contribution < 1.29 is 23.5 Å². The molecule has 1 unspecified atom stereocenters. The highest BCUT2D eigenvalue weighted by atomic mass is 32.1. The van der Waals surface area contributed by atoms with E-state index in [-0.39, 0.29) is 11.5 Å². The lowest BCUT2D eigenvalue weighted by Gasteiger charge is -2.09. The van der Waals surface area contributed by atoms with Crippen LogP contribution < -0.4 is 4.74 Å². The SMILES string of the molecule is COc1ccc(-c2nc(C(=O)OC(C)C(=O)c3ccco3)cs2)cc1. The van der Waals surface area contributed by atoms with Gasteiger partial charge in [-0.05, 0) is 43.3 Å². The van der Waals surface area contributed by atoms with E-state index in [1.165, 1.54) is 30.6 Å². The van der Waals surface area contributed by atoms with Gasteiger partial charge in [0.2, 0.25) is 5.78 Å². The third-order valence-corrected chi connectivity index (χ3v) is 4.36. The first-order chi connectivity index (χ1) is 12.1. The molecule has 7 heteroatoms. The lowest BCUT2D eigenvalue weighted by molar-refractivity contribution is 0.0305. The summed E-state index contributed by atoms with van der Waals surface area (Å²) in [5, 5.41) is 2.28. The molecule has 128 valence electrons. The van der Waals surface area contributed by atoms with Crippen LogP contribution in [-0.4, -0.2) is 30.0 Å². The molecule has 1 aromatic carbocycles. The summed E-state index contributed by atoms with van der Waals surface area (Å²) in [4.78, 5) is 28.5. The molecule has 0 spiro atoms. The van der Waals surface area contributed by atoms with E-state index >= 15 is 0 Å². The number of methoxy groups -OCH3 is 1. The second-order valence-corrected chi connectivity index (χ2v) is 6.01. The highest BCUT2D eigenvalue weighted by molar-refractivity contribution is 7.13. The maximum absolute atomic E-state index is 12.2. The first kappa shape index (κ1) is 16.9. The summed E-state index contributed by atoms with van der Waals surface area (Å²) in [6.45, 7) is 1.50. The maximum Gasteiger partial charge on any atom is 0.358 e. The first-order valence-electron chi connectivity index (χ1n) is 7.47. The van der Waals surface area contributed by atoms with Gasteiger partial charge in [0.1, 0.15) is 10.8 Å². The van der Waals surface area contributed by atoms with Crippen molar-refractivity contribution in [2.75, 3.05) is 7.11 Å². The van der Waals surface area contributed by atoms with E-state index in [0.29, 0.717) is 5.01 Å². The topological polar surface area (TPSA) is 78.6 Å². The van der Waals surface area contributed by atoms with Crippen LogP contribution in [0.1, 0.15) is 28.0 Å². The minimum atomic E-state index is -0.954. The van der Waals surface area contributed by atoms with E-state index < -0.39 is 17.9 Å². The van der Waals surface area contributed by atoms with E-state index in [0.717, 1.165) is 11.3 Å². The van der Waals surface area contributed by atoms with Crippen LogP contribution in [0.4, 0.5) is 0 Å². The highest BCUT2D eigenvalue weighted by Crippen LogP contribution is 2.26. The molecular weight excluding hydrogens is 342 g/mol. The largest absolute Gasteiger partial charge is 0.497 e. The lowest BCUT2D eigenvalue weighted by Crippen LogP contribution is -2.24. The quantitative estimate of drug-likeness (QED) is 0.493. The van der Waals surface area contributed by atoms with Crippen molar-refractivity contribution in [1.82, 2.24) is 4.98 Å². The van der Waals surface area contributed by atoms with Crippen molar-refractivity contribution in [2.24, 2.45) is 0 Å². The van der Waals surface area contributed by atoms with Gasteiger partial charge >= 0.3 is 5.97 Å². The van der Waals surface area contributed by atoms with Crippen LogP contribution in [0.2, 0.25) is 0 Å². The van der Waals surface area contributed by atoms with Gasteiger partial charge in [-0.3, -0.25) is 4.79 Å². The summed E-state index contributed by atoms with van der Waals surface area (Å²) in [6, 6.07) is 10.5. The van der Waals surface area contributed by atoms with Gasteiger partial charge in [0.05, 0.1) is 13.4 Å². The van der Waals surface area contributed by atoms with Crippen LogP contribution in [0.25, 0.3) is 10.6 Å². The Kier molecular flexibility index (Phi) is 4.95. The zero-order valence-corrected chi connectivity index (χ0v) is 14.4. The smallest absolute Gasteiger partial charge is 0.358 e. The van der Waals surface area contributed by atoms with E-state index in [2.05, 4.69) is 4.98 Å². The molecule has 3 aromatic rings. The zero-order valence-electron chi connectivity index (χ0n) is 13.6. The molecule has 0 N–H and O–H groups in total. The van der Waals surface area contributed by atoms with Gasteiger partial charge in [-0.25, -0.2) is 9.78 Å². The molecule has 2 aromatic heterocycles. The van der Waals surface area contributed by atoms with Crippen LogP contribution in [0.5, 0.6) is 5.75 Å². The van der Waals surface area contributed by atoms with Crippen LogP contribution in [0, 0.1) is 0 Å². The minimum absolute atomic E-state index is 0.150. The number of benzene rings is 1. The first-order valence-corrected chi connectivity index (χ1v) is 8.35. The highest BCUT2D eigenvalue weighted by Gasteiger charge is 2.23. The minimum Gasteiger partial charge on any atom is -0.497 e. The Labute approximate surface area is 148 Å². The Morgan fingerprint density at radius 1 is 1.20 bits per heavy atom. The average molecular weight is 357 g/mol. The fourth-order valence-electron chi connectivity index (χ4n) is 2.13. The fraction of sp³-hybridized carbons (Fsp3) is 0.167. The average Bonchev–Trinajstić information content (AvgIpc) is 3.33. The zero-order chi connectivity index (χ0) is 17.8. The Balaban J connectivity index is 1.68. The van der Waals surface area contributed by atoms with Crippen LogP contribution in [-0.2, 0) is 4.74 Å². The van der Waals surface area contributed by atoms with Gasteiger partial charge < -0.3 is 13.9 Å². The van der Waals surface area contributed by atoms with Crippen molar-refractivity contribution >= 4 is 23.1 Å². The second-order valence-electron chi connectivity index (χ2n) is 5.16. The van der Waals surface area contributed by atoms with Crippen molar-refractivity contribution in [3.63, 3.8) is 0 Å². The van der Waals surface area contributed by atoms with Crippen molar-refractivity contribution in [2.45, 2.75) is 13.0 Å². The molecule has 2 heterocycles. The standard InChI is InChI=1S/C18H15NO5S/c1-11(16(20)15-4-3-9-23-15)24-18(21)14-10-25-17(19-14)12-5-7-13(22-2)8-6-12/h3-11H,1-2H3. The monoisotopic (exact) mass is 357 g/mol. The van der Waals surface area contributed by atoms with Crippen molar-refractivity contribution in [1.29, 1.82) is 0 Å². The molecular formula is C18H15NO5S. The Hall–Kier alpha value is -2.93. The number of ether oxygens (including phenoxy) is 2. The number of aromatic nitrogens is 1. The van der Waals surface area contributed by atoms with Gasteiger partial charge in [0, 0.05) is 10.9 Å². The van der Waals surface area contributed by atoms with Crippen molar-refractivity contribution in [3.05, 3.63) is 59.5 Å². The summed E-state index contributed by atoms with van der Waals surface area (Å²) < 4.78 is 15.3. The van der Waals surface area contributed by atoms with Crippen LogP contribution in [0.15, 0.2) is 52.5 Å². The number of carbonyl (C=O) groups is 2. The molecule has 25 heavy (non-hydrogen) atoms. The molecule has 0 saturated carbocycles. The predicted octanol–water partition coefficient (Wildman–Crippen LogP) is 3.84. The summed E-state index contributed by atoms with van der Waals surface area (Å²) in [6.07, 6.45) is 0.438. The number of nitrogens with zero attached hydrogens (tertiary/aromatic N) is 1. The molecule has 0 amide bonds. The number of hydrogen-bond acceptors (Lipinski definition) is 7. The molecule has 1 atom stereocenters. The number of esters is 1. The maximum atomic E-state index is 12.2. The third-order valence-electron chi connectivity index (χ3n) is 3.47. The number of thiazole rings is 1. The Morgan fingerprint density at radius 3 is 2.60 bits per heavy atom. The van der Waals surface area contributed by atoms with E-state index in [9.17, 15) is 9.59 Å². The summed E-state index contributed by atoms with van der Waals surface area (Å²) in [7, 11) is 1.59. The molecule has 0 bridgehead atoms. The molecule has 6 nitrogen and oxygen atoms in total. The van der Waals surface area contributed by atoms with Crippen LogP contribution >= 0.6 is 11.3 Å². The van der Waals surface area contributed by atoms with Gasteiger partial charge in [0.15, 0.2) is 17.6 Å². The Morgan fingerprint density at radius 2 is 1.96 bits per heavy atom. The fourth-order valence-corrected chi connectivity index (χ4v) is 2.92. The number of hydrogen-bond donors (Lipinski definition) is 0. The van der Waals surface area contributed by atoms with E-state index in [4.69, 9.17) is 13.9 Å². The lowest BCUT2D eigenvalue weighted by atomic mass is 10.2. The molecule has 0 fully saturated rings. The molecule has 0 aliphatic carbocycles. The van der Waals surface area contributed by atoms with Gasteiger partial charge in [-0.2, -0.15) is 0 Å². The van der Waals surface area contributed by atoms with E-state index in [1.54, 1.807) is 18.6 Å². The van der Waals surface area contributed by atoms with Gasteiger partial charge in [-0.15, -0.1) is 11.3 Å². The summed E-state index contributed by atoms with van der Waals surface area (Å²) in [5.74, 6) is -0.157. The number of carbonyl (C=O) groups excluding carboxylic acids is 2. The molecule has 0 aliphatic rings. The van der Waals surface area contributed by atoms with Crippen LogP contribution in [0.3, 0.4) is 0 Å². The van der Waals surface area contributed by atoms with E-state index in [1.807, 2.05) is 24.3 Å². The van der Waals surface area contributed by atoms with Crippen molar-refractivity contribution in [3.8, 4) is 16.3 Å². The summed E-state index contributed by atoms with van der Waals surface area (Å²) >= 11 is 1.32. The number of furan rings is 1. The summed E-state index contributed by atoms with van der Waals surface area (Å²) in [5.41, 5.74) is 1.03. The molecule has 3 rings (SSSR count). The predicted molar refractivity (Wildman–Crippen MR) is 92.0 cm³/mol. The van der Waals surface area contributed by atoms with Gasteiger partial charge in [-0.1, -0.05) is 0 Å². The van der Waals surface area contributed by atoms with Gasteiger partial charge in [0.25, 0.3) is 0 Å². The number of Topliss-reactive ketones (excluding diaryl/α,β-unsaturated/α-hetero) is 1. The Bertz CT molecular complexity index is 867. The second kappa shape index (κ2) is 7.31. The molecule has 0 radical (unpaired) electrons. The molecule has 0 saturated heterocycles. The number of ketones is 1. The third kappa shape index (κ3) is 3.77. The normalized spacial score (nSPS) is 11.8. The number of rotatable bonds is 6. The molecule has 0 aliphatic heterocycles.